The van der Waals surface area contributed by atoms with Gasteiger partial charge in [-0.3, -0.25) is 9.59 Å². The van der Waals surface area contributed by atoms with Crippen LogP contribution in [0.1, 0.15) is 53.8 Å². The molecule has 2 aromatic carbocycles. The first kappa shape index (κ1) is 22.7. The number of alkyl halides is 1. The molecule has 1 heterocycles. The topological polar surface area (TPSA) is 63.1 Å². The molecule has 0 spiro atoms. The second-order valence-corrected chi connectivity index (χ2v) is 10.1. The molecule has 0 aliphatic heterocycles. The number of nitrogens with zero attached hydrogens (tertiary/aromatic N) is 1. The zero-order valence-electron chi connectivity index (χ0n) is 17.8. The second kappa shape index (κ2) is 9.17. The van der Waals surface area contributed by atoms with E-state index in [4.69, 9.17) is 0 Å². The van der Waals surface area contributed by atoms with Gasteiger partial charge in [0.1, 0.15) is 11.6 Å². The SMILES string of the molecule is Cc1c(C(=O)N[C@H](c2cccc(F)c2)C2CCC2)c2cccc(F)c2c(=O)n1NC(C)I. The van der Waals surface area contributed by atoms with E-state index in [2.05, 4.69) is 33.3 Å². The lowest BCUT2D eigenvalue weighted by Crippen LogP contribution is -2.39. The smallest absolute Gasteiger partial charge is 0.279 e. The first-order valence-corrected chi connectivity index (χ1v) is 11.8. The Balaban J connectivity index is 1.83. The highest BCUT2D eigenvalue weighted by molar-refractivity contribution is 14.1. The summed E-state index contributed by atoms with van der Waals surface area (Å²) in [6.45, 7) is 3.50. The van der Waals surface area contributed by atoms with E-state index in [9.17, 15) is 18.4 Å². The number of fused-ring (bicyclic) bond motifs is 1. The number of hydrogen-bond acceptors (Lipinski definition) is 3. The first-order chi connectivity index (χ1) is 15.3. The Hall–Kier alpha value is -2.49. The molecular weight excluding hydrogens is 527 g/mol. The Morgan fingerprint density at radius 2 is 1.91 bits per heavy atom. The highest BCUT2D eigenvalue weighted by Crippen LogP contribution is 2.38. The molecule has 8 heteroatoms. The van der Waals surface area contributed by atoms with E-state index < -0.39 is 17.3 Å². The summed E-state index contributed by atoms with van der Waals surface area (Å²) >= 11 is 2.09. The van der Waals surface area contributed by atoms with Crippen molar-refractivity contribution >= 4 is 39.3 Å². The first-order valence-electron chi connectivity index (χ1n) is 10.6. The molecule has 3 aromatic rings. The molecule has 1 fully saturated rings. The van der Waals surface area contributed by atoms with Crippen LogP contribution in [0.5, 0.6) is 0 Å². The normalized spacial score (nSPS) is 15.8. The van der Waals surface area contributed by atoms with Crippen LogP contribution < -0.4 is 16.3 Å². The van der Waals surface area contributed by atoms with Crippen LogP contribution in [0.15, 0.2) is 47.3 Å². The Morgan fingerprint density at radius 3 is 2.53 bits per heavy atom. The Bertz CT molecular complexity index is 1240. The summed E-state index contributed by atoms with van der Waals surface area (Å²) in [6.07, 6.45) is 2.92. The average molecular weight is 551 g/mol. The van der Waals surface area contributed by atoms with E-state index in [1.807, 2.05) is 6.92 Å². The molecule has 5 nitrogen and oxygen atoms in total. The fourth-order valence-corrected chi connectivity index (χ4v) is 4.58. The maximum absolute atomic E-state index is 14.7. The lowest BCUT2D eigenvalue weighted by atomic mass is 9.77. The minimum absolute atomic E-state index is 0.140. The Kier molecular flexibility index (Phi) is 6.50. The van der Waals surface area contributed by atoms with Crippen LogP contribution in [-0.4, -0.2) is 14.6 Å². The lowest BCUT2D eigenvalue weighted by Gasteiger charge is -2.35. The van der Waals surface area contributed by atoms with Crippen LogP contribution >= 0.6 is 22.6 Å². The number of carbonyl (C=O) groups excluding carboxylic acids is 1. The molecule has 2 N–H and O–H groups in total. The van der Waals surface area contributed by atoms with Crippen molar-refractivity contribution in [2.45, 2.75) is 43.2 Å². The number of aromatic nitrogens is 1. The van der Waals surface area contributed by atoms with Crippen molar-refractivity contribution in [3.63, 3.8) is 0 Å². The van der Waals surface area contributed by atoms with Crippen molar-refractivity contribution in [1.82, 2.24) is 9.99 Å². The minimum Gasteiger partial charge on any atom is -0.345 e. The molecule has 0 radical (unpaired) electrons. The number of hydrogen-bond donors (Lipinski definition) is 2. The van der Waals surface area contributed by atoms with Crippen LogP contribution in [0.2, 0.25) is 0 Å². The third-order valence-corrected chi connectivity index (χ3v) is 6.33. The van der Waals surface area contributed by atoms with Crippen molar-refractivity contribution in [2.24, 2.45) is 5.92 Å². The van der Waals surface area contributed by atoms with Gasteiger partial charge in [0.2, 0.25) is 0 Å². The molecule has 1 aliphatic carbocycles. The van der Waals surface area contributed by atoms with Crippen molar-refractivity contribution in [3.8, 4) is 0 Å². The van der Waals surface area contributed by atoms with Crippen molar-refractivity contribution in [3.05, 3.63) is 81.3 Å². The van der Waals surface area contributed by atoms with E-state index in [1.54, 1.807) is 25.1 Å². The molecule has 1 aliphatic rings. The number of pyridine rings is 1. The van der Waals surface area contributed by atoms with Crippen LogP contribution in [-0.2, 0) is 0 Å². The highest BCUT2D eigenvalue weighted by atomic mass is 127. The van der Waals surface area contributed by atoms with Crippen molar-refractivity contribution in [2.75, 3.05) is 5.43 Å². The zero-order chi connectivity index (χ0) is 23.0. The fourth-order valence-electron chi connectivity index (χ4n) is 4.30. The standard InChI is InChI=1S/C24H24F2IN3O2/c1-13-20(18-10-5-11-19(26)21(18)24(32)30(13)29-14(2)27)23(31)28-22(15-6-3-7-15)16-8-4-9-17(25)12-16/h4-5,8-12,14-15,22,29H,3,6-7H2,1-2H3,(H,28,31)/t14?,22-/m0/s1. The van der Waals surface area contributed by atoms with Gasteiger partial charge < -0.3 is 10.7 Å². The minimum atomic E-state index is -0.682. The highest BCUT2D eigenvalue weighted by Gasteiger charge is 2.32. The average Bonchev–Trinajstić information content (AvgIpc) is 2.69. The lowest BCUT2D eigenvalue weighted by molar-refractivity contribution is 0.0900. The molecule has 2 atom stereocenters. The van der Waals surface area contributed by atoms with Gasteiger partial charge in [-0.2, -0.15) is 0 Å². The molecule has 0 bridgehead atoms. The molecule has 32 heavy (non-hydrogen) atoms. The maximum Gasteiger partial charge on any atom is 0.279 e. The summed E-state index contributed by atoms with van der Waals surface area (Å²) in [6, 6.07) is 10.2. The fraction of sp³-hybridized carbons (Fsp3) is 0.333. The molecule has 1 saturated carbocycles. The van der Waals surface area contributed by atoms with Crippen molar-refractivity contribution < 1.29 is 13.6 Å². The Labute approximate surface area is 198 Å². The van der Waals surface area contributed by atoms with Gasteiger partial charge in [-0.1, -0.05) is 53.3 Å². The molecular formula is C24H24F2IN3O2. The van der Waals surface area contributed by atoms with E-state index in [1.165, 1.54) is 28.9 Å². The predicted octanol–water partition coefficient (Wildman–Crippen LogP) is 5.18. The maximum atomic E-state index is 14.7. The number of amides is 1. The summed E-state index contributed by atoms with van der Waals surface area (Å²) < 4.78 is 29.7. The molecule has 4 rings (SSSR count). The summed E-state index contributed by atoms with van der Waals surface area (Å²) in [5.74, 6) is -1.27. The third-order valence-electron chi connectivity index (χ3n) is 6.05. The predicted molar refractivity (Wildman–Crippen MR) is 130 cm³/mol. The van der Waals surface area contributed by atoms with E-state index in [-0.39, 0.29) is 38.2 Å². The zero-order valence-corrected chi connectivity index (χ0v) is 19.9. The third kappa shape index (κ3) is 4.24. The number of rotatable bonds is 6. The van der Waals surface area contributed by atoms with Crippen molar-refractivity contribution in [1.29, 1.82) is 0 Å². The molecule has 168 valence electrons. The number of carbonyl (C=O) groups is 1. The van der Waals surface area contributed by atoms with E-state index in [0.29, 0.717) is 11.3 Å². The van der Waals surface area contributed by atoms with Gasteiger partial charge in [0, 0.05) is 5.39 Å². The molecule has 1 unspecified atom stereocenters. The molecule has 1 aromatic heterocycles. The van der Waals surface area contributed by atoms with Gasteiger partial charge in [-0.25, -0.2) is 13.5 Å². The van der Waals surface area contributed by atoms with Gasteiger partial charge in [0.15, 0.2) is 0 Å². The van der Waals surface area contributed by atoms with E-state index >= 15 is 0 Å². The van der Waals surface area contributed by atoms with Gasteiger partial charge in [0.25, 0.3) is 11.5 Å². The Morgan fingerprint density at radius 1 is 1.19 bits per heavy atom. The second-order valence-electron chi connectivity index (χ2n) is 8.21. The summed E-state index contributed by atoms with van der Waals surface area (Å²) in [5.41, 5.74) is 3.76. The summed E-state index contributed by atoms with van der Waals surface area (Å²) in [5, 5.41) is 3.18. The number of halogens is 3. The summed E-state index contributed by atoms with van der Waals surface area (Å²) in [7, 11) is 0. The van der Waals surface area contributed by atoms with Gasteiger partial charge >= 0.3 is 0 Å². The van der Waals surface area contributed by atoms with Gasteiger partial charge in [0.05, 0.1) is 26.7 Å². The largest absolute Gasteiger partial charge is 0.345 e. The van der Waals surface area contributed by atoms with Gasteiger partial charge in [-0.15, -0.1) is 0 Å². The number of benzene rings is 2. The quantitative estimate of drug-likeness (QED) is 0.252. The van der Waals surface area contributed by atoms with Crippen LogP contribution in [0.4, 0.5) is 8.78 Å². The van der Waals surface area contributed by atoms with E-state index in [0.717, 1.165) is 19.3 Å². The molecule has 1 amide bonds. The van der Waals surface area contributed by atoms with Crippen LogP contribution in [0.3, 0.4) is 0 Å². The number of nitrogens with one attached hydrogen (secondary N) is 2. The van der Waals surface area contributed by atoms with Crippen LogP contribution in [0, 0.1) is 24.5 Å². The summed E-state index contributed by atoms with van der Waals surface area (Å²) in [4.78, 5) is 26.6. The van der Waals surface area contributed by atoms with Gasteiger partial charge in [-0.05, 0) is 56.4 Å². The monoisotopic (exact) mass is 551 g/mol. The van der Waals surface area contributed by atoms with Crippen LogP contribution in [0.25, 0.3) is 10.8 Å². The molecule has 0 saturated heterocycles.